The lowest BCUT2D eigenvalue weighted by atomic mass is 10.0. The minimum Gasteiger partial charge on any atom is -0.483 e. The molecular formula is C18H17BrF2N2O2. The quantitative estimate of drug-likeness (QED) is 0.567. The Balaban J connectivity index is 1.89. The molecule has 0 aromatic heterocycles. The summed E-state index contributed by atoms with van der Waals surface area (Å²) >= 11 is 3.40. The molecule has 0 unspecified atom stereocenters. The van der Waals surface area contributed by atoms with Gasteiger partial charge >= 0.3 is 0 Å². The summed E-state index contributed by atoms with van der Waals surface area (Å²) in [5.74, 6) is -1.61. The van der Waals surface area contributed by atoms with Crippen molar-refractivity contribution in [3.05, 3.63) is 63.6 Å². The molecule has 0 fully saturated rings. The molecule has 2 aromatic rings. The summed E-state index contributed by atoms with van der Waals surface area (Å²) in [6, 6.07) is 9.33. The summed E-state index contributed by atoms with van der Waals surface area (Å²) in [5.41, 5.74) is 3.28. The Labute approximate surface area is 153 Å². The van der Waals surface area contributed by atoms with Gasteiger partial charge in [-0.1, -0.05) is 32.0 Å². The molecule has 0 spiro atoms. The van der Waals surface area contributed by atoms with Crippen LogP contribution in [0.25, 0.3) is 0 Å². The van der Waals surface area contributed by atoms with Crippen LogP contribution >= 0.6 is 15.9 Å². The van der Waals surface area contributed by atoms with E-state index in [1.54, 1.807) is 6.07 Å². The van der Waals surface area contributed by atoms with Crippen molar-refractivity contribution in [3.63, 3.8) is 0 Å². The molecule has 0 aliphatic rings. The van der Waals surface area contributed by atoms with Crippen molar-refractivity contribution in [2.45, 2.75) is 19.8 Å². The zero-order valence-electron chi connectivity index (χ0n) is 13.7. The predicted octanol–water partition coefficient (Wildman–Crippen LogP) is 4.38. The second-order valence-electron chi connectivity index (χ2n) is 5.57. The van der Waals surface area contributed by atoms with Gasteiger partial charge in [-0.2, -0.15) is 5.10 Å². The minimum absolute atomic E-state index is 0.0618. The molecular weight excluding hydrogens is 394 g/mol. The van der Waals surface area contributed by atoms with Gasteiger partial charge in [-0.05, 0) is 45.6 Å². The number of hydrazone groups is 1. The molecule has 0 heterocycles. The Morgan fingerprint density at radius 3 is 2.76 bits per heavy atom. The van der Waals surface area contributed by atoms with E-state index in [-0.39, 0.29) is 12.2 Å². The van der Waals surface area contributed by atoms with Crippen molar-refractivity contribution in [2.24, 2.45) is 5.10 Å². The molecule has 2 rings (SSSR count). The number of carbonyl (C=O) groups excluding carboxylic acids is 1. The van der Waals surface area contributed by atoms with Gasteiger partial charge in [0, 0.05) is 5.56 Å². The molecule has 4 nitrogen and oxygen atoms in total. The van der Waals surface area contributed by atoms with E-state index >= 15 is 0 Å². The van der Waals surface area contributed by atoms with Crippen LogP contribution in [0.1, 0.15) is 30.9 Å². The number of carbonyl (C=O) groups is 1. The number of hydrogen-bond donors (Lipinski definition) is 1. The van der Waals surface area contributed by atoms with Crippen LogP contribution in [0, 0.1) is 11.6 Å². The molecule has 7 heteroatoms. The maximum atomic E-state index is 13.4. The van der Waals surface area contributed by atoms with Crippen LogP contribution < -0.4 is 10.2 Å². The van der Waals surface area contributed by atoms with Crippen LogP contribution in [0.2, 0.25) is 0 Å². The molecule has 132 valence electrons. The summed E-state index contributed by atoms with van der Waals surface area (Å²) in [6.07, 6.45) is 1.03. The lowest BCUT2D eigenvalue weighted by Gasteiger charge is -2.10. The van der Waals surface area contributed by atoms with Crippen LogP contribution in [0.5, 0.6) is 5.75 Å². The number of ether oxygens (including phenoxy) is 1. The number of benzene rings is 2. The van der Waals surface area contributed by atoms with Crippen LogP contribution in [-0.2, 0) is 4.79 Å². The molecule has 25 heavy (non-hydrogen) atoms. The first kappa shape index (κ1) is 19.1. The van der Waals surface area contributed by atoms with Gasteiger partial charge in [-0.15, -0.1) is 0 Å². The molecule has 0 radical (unpaired) electrons. The van der Waals surface area contributed by atoms with E-state index in [2.05, 4.69) is 40.3 Å². The third-order valence-electron chi connectivity index (χ3n) is 3.36. The van der Waals surface area contributed by atoms with E-state index < -0.39 is 17.5 Å². The molecule has 0 saturated heterocycles. The molecule has 0 bridgehead atoms. The van der Waals surface area contributed by atoms with Crippen molar-refractivity contribution in [2.75, 3.05) is 6.61 Å². The first-order valence-corrected chi connectivity index (χ1v) is 8.36. The highest BCUT2D eigenvalue weighted by Gasteiger charge is 2.08. The molecule has 0 aliphatic carbocycles. The number of halogens is 3. The summed E-state index contributed by atoms with van der Waals surface area (Å²) < 4.78 is 32.6. The lowest BCUT2D eigenvalue weighted by molar-refractivity contribution is -0.123. The van der Waals surface area contributed by atoms with Crippen molar-refractivity contribution < 1.29 is 18.3 Å². The Morgan fingerprint density at radius 2 is 2.08 bits per heavy atom. The topological polar surface area (TPSA) is 50.7 Å². The van der Waals surface area contributed by atoms with E-state index in [1.807, 2.05) is 12.1 Å². The van der Waals surface area contributed by atoms with Gasteiger partial charge in [0.15, 0.2) is 18.2 Å². The van der Waals surface area contributed by atoms with Gasteiger partial charge < -0.3 is 4.74 Å². The fourth-order valence-electron chi connectivity index (χ4n) is 1.96. The fraction of sp³-hybridized carbons (Fsp3) is 0.222. The van der Waals surface area contributed by atoms with Crippen LogP contribution in [0.3, 0.4) is 0 Å². The highest BCUT2D eigenvalue weighted by molar-refractivity contribution is 9.10. The summed E-state index contributed by atoms with van der Waals surface area (Å²) in [4.78, 5) is 11.7. The monoisotopic (exact) mass is 410 g/mol. The summed E-state index contributed by atoms with van der Waals surface area (Å²) in [7, 11) is 0. The Kier molecular flexibility index (Phi) is 6.64. The Morgan fingerprint density at radius 1 is 1.32 bits per heavy atom. The van der Waals surface area contributed by atoms with Gasteiger partial charge in [-0.25, -0.2) is 14.2 Å². The Bertz CT molecular complexity index is 795. The normalized spacial score (nSPS) is 11.1. The van der Waals surface area contributed by atoms with Crippen molar-refractivity contribution >= 4 is 28.1 Å². The fourth-order valence-corrected chi connectivity index (χ4v) is 2.47. The maximum Gasteiger partial charge on any atom is 0.277 e. The number of nitrogens with one attached hydrogen (secondary N) is 1. The average Bonchev–Trinajstić information content (AvgIpc) is 2.57. The maximum absolute atomic E-state index is 13.4. The van der Waals surface area contributed by atoms with E-state index in [4.69, 9.17) is 4.74 Å². The smallest absolute Gasteiger partial charge is 0.277 e. The minimum atomic E-state index is -1.02. The lowest BCUT2D eigenvalue weighted by Crippen LogP contribution is -2.24. The van der Waals surface area contributed by atoms with Gasteiger partial charge in [0.25, 0.3) is 5.91 Å². The summed E-state index contributed by atoms with van der Waals surface area (Å²) in [5, 5.41) is 3.59. The SMILES string of the molecule is CC(C)c1ccc(OCC(=O)N/N=C/c2cccc(F)c2F)c(Br)c1. The van der Waals surface area contributed by atoms with Crippen LogP contribution in [0.4, 0.5) is 8.78 Å². The van der Waals surface area contributed by atoms with Crippen LogP contribution in [-0.4, -0.2) is 18.7 Å². The molecule has 0 atom stereocenters. The van der Waals surface area contributed by atoms with Gasteiger partial charge in [-0.3, -0.25) is 4.79 Å². The number of rotatable bonds is 6. The molecule has 0 saturated carbocycles. The standard InChI is InChI=1S/C18H17BrF2N2O2/c1-11(2)12-6-7-16(14(19)8-12)25-10-17(24)23-22-9-13-4-3-5-15(20)18(13)21/h3-9,11H,10H2,1-2H3,(H,23,24)/b22-9+. The highest BCUT2D eigenvalue weighted by Crippen LogP contribution is 2.28. The van der Waals surface area contributed by atoms with E-state index in [0.717, 1.165) is 22.3 Å². The highest BCUT2D eigenvalue weighted by atomic mass is 79.9. The number of amides is 1. The molecule has 1 N–H and O–H groups in total. The third-order valence-corrected chi connectivity index (χ3v) is 3.98. The largest absolute Gasteiger partial charge is 0.483 e. The third kappa shape index (κ3) is 5.35. The van der Waals surface area contributed by atoms with Gasteiger partial charge in [0.05, 0.1) is 10.7 Å². The predicted molar refractivity (Wildman–Crippen MR) is 95.8 cm³/mol. The van der Waals surface area contributed by atoms with E-state index in [9.17, 15) is 13.6 Å². The van der Waals surface area contributed by atoms with Gasteiger partial charge in [0.1, 0.15) is 5.75 Å². The second kappa shape index (κ2) is 8.71. The molecule has 0 aliphatic heterocycles. The van der Waals surface area contributed by atoms with E-state index in [0.29, 0.717) is 11.7 Å². The number of hydrogen-bond acceptors (Lipinski definition) is 3. The first-order chi connectivity index (χ1) is 11.9. The first-order valence-electron chi connectivity index (χ1n) is 7.56. The molecule has 1 amide bonds. The summed E-state index contributed by atoms with van der Waals surface area (Å²) in [6.45, 7) is 3.90. The zero-order chi connectivity index (χ0) is 18.4. The van der Waals surface area contributed by atoms with Crippen molar-refractivity contribution in [1.29, 1.82) is 0 Å². The zero-order valence-corrected chi connectivity index (χ0v) is 15.3. The number of nitrogens with zero attached hydrogens (tertiary/aromatic N) is 1. The van der Waals surface area contributed by atoms with E-state index in [1.165, 1.54) is 12.1 Å². The van der Waals surface area contributed by atoms with Gasteiger partial charge in [0.2, 0.25) is 0 Å². The van der Waals surface area contributed by atoms with Crippen molar-refractivity contribution in [1.82, 2.24) is 5.43 Å². The average molecular weight is 411 g/mol. The van der Waals surface area contributed by atoms with Crippen LogP contribution in [0.15, 0.2) is 46.0 Å². The molecule has 2 aromatic carbocycles. The second-order valence-corrected chi connectivity index (χ2v) is 6.42. The van der Waals surface area contributed by atoms with Crippen molar-refractivity contribution in [3.8, 4) is 5.75 Å². The Hall–Kier alpha value is -2.28.